The zero-order valence-corrected chi connectivity index (χ0v) is 16.6. The molecular weight excluding hydrogens is 360 g/mol. The zero-order valence-electron chi connectivity index (χ0n) is 15.8. The first-order valence-electron chi connectivity index (χ1n) is 9.60. The van der Waals surface area contributed by atoms with Gasteiger partial charge in [-0.05, 0) is 31.7 Å². The molecule has 1 aliphatic carbocycles. The van der Waals surface area contributed by atoms with Crippen LogP contribution in [0.2, 0.25) is 0 Å². The summed E-state index contributed by atoms with van der Waals surface area (Å²) in [7, 11) is 0. The van der Waals surface area contributed by atoms with Gasteiger partial charge in [0.25, 0.3) is 0 Å². The number of aryl methyl sites for hydroxylation is 2. The van der Waals surface area contributed by atoms with Crippen molar-refractivity contribution in [3.63, 3.8) is 0 Å². The van der Waals surface area contributed by atoms with Crippen LogP contribution in [0.3, 0.4) is 0 Å². The normalized spacial score (nSPS) is 19.6. The van der Waals surface area contributed by atoms with Gasteiger partial charge in [-0.3, -0.25) is 9.59 Å². The second-order valence-electron chi connectivity index (χ2n) is 7.20. The van der Waals surface area contributed by atoms with Crippen molar-refractivity contribution in [1.29, 1.82) is 0 Å². The molecule has 1 fully saturated rings. The molecule has 1 amide bonds. The summed E-state index contributed by atoms with van der Waals surface area (Å²) in [5.74, 6) is -2.17. The van der Waals surface area contributed by atoms with Crippen LogP contribution in [0.15, 0.2) is 24.3 Å². The van der Waals surface area contributed by atoms with Crippen molar-refractivity contribution in [2.24, 2.45) is 11.8 Å². The molecule has 0 bridgehead atoms. The first-order chi connectivity index (χ1) is 13.0. The number of rotatable bonds is 6. The molecule has 5 nitrogen and oxygen atoms in total. The summed E-state index contributed by atoms with van der Waals surface area (Å²) in [4.78, 5) is 29.7. The predicted octanol–water partition coefficient (Wildman–Crippen LogP) is 4.90. The van der Waals surface area contributed by atoms with E-state index in [0.29, 0.717) is 18.0 Å². The van der Waals surface area contributed by atoms with Crippen LogP contribution < -0.4 is 5.32 Å². The molecule has 1 aromatic carbocycles. The van der Waals surface area contributed by atoms with Gasteiger partial charge in [0, 0.05) is 10.4 Å². The molecule has 0 unspecified atom stereocenters. The van der Waals surface area contributed by atoms with Crippen LogP contribution >= 0.6 is 11.3 Å². The van der Waals surface area contributed by atoms with Gasteiger partial charge in [-0.1, -0.05) is 50.5 Å². The number of hydrogen-bond donors (Lipinski definition) is 2. The van der Waals surface area contributed by atoms with Crippen LogP contribution in [0.1, 0.15) is 49.5 Å². The van der Waals surface area contributed by atoms with Crippen molar-refractivity contribution in [2.45, 2.75) is 52.4 Å². The Morgan fingerprint density at radius 1 is 1.19 bits per heavy atom. The third kappa shape index (κ3) is 4.56. The summed E-state index contributed by atoms with van der Waals surface area (Å²) in [5, 5.41) is 12.8. The largest absolute Gasteiger partial charge is 0.481 e. The summed E-state index contributed by atoms with van der Waals surface area (Å²) < 4.78 is 0. The molecule has 3 rings (SSSR count). The van der Waals surface area contributed by atoms with E-state index in [-0.39, 0.29) is 5.91 Å². The van der Waals surface area contributed by atoms with E-state index in [1.54, 1.807) is 0 Å². The Morgan fingerprint density at radius 2 is 1.85 bits per heavy atom. The molecule has 1 aliphatic rings. The number of nitrogens with zero attached hydrogens (tertiary/aromatic N) is 1. The fraction of sp³-hybridized carbons (Fsp3) is 0.476. The lowest BCUT2D eigenvalue weighted by Gasteiger charge is -2.26. The molecule has 2 aromatic rings. The molecule has 0 spiro atoms. The number of carboxylic acids is 1. The summed E-state index contributed by atoms with van der Waals surface area (Å²) in [5.41, 5.74) is 3.21. The number of carbonyl (C=O) groups excluding carboxylic acids is 1. The van der Waals surface area contributed by atoms with Crippen LogP contribution in [0, 0.1) is 18.8 Å². The van der Waals surface area contributed by atoms with Crippen LogP contribution in [-0.2, 0) is 16.0 Å². The van der Waals surface area contributed by atoms with E-state index in [2.05, 4.69) is 41.5 Å². The summed E-state index contributed by atoms with van der Waals surface area (Å²) in [6, 6.07) is 8.38. The average Bonchev–Trinajstić information content (AvgIpc) is 3.02. The lowest BCUT2D eigenvalue weighted by atomic mass is 9.79. The zero-order chi connectivity index (χ0) is 19.4. The summed E-state index contributed by atoms with van der Waals surface area (Å²) in [6.07, 6.45) is 5.13. The topological polar surface area (TPSA) is 79.3 Å². The Bertz CT molecular complexity index is 813. The van der Waals surface area contributed by atoms with E-state index in [9.17, 15) is 14.7 Å². The Kier molecular flexibility index (Phi) is 6.26. The molecule has 1 heterocycles. The molecule has 27 heavy (non-hydrogen) atoms. The van der Waals surface area contributed by atoms with E-state index in [4.69, 9.17) is 0 Å². The van der Waals surface area contributed by atoms with E-state index >= 15 is 0 Å². The minimum Gasteiger partial charge on any atom is -0.481 e. The van der Waals surface area contributed by atoms with Gasteiger partial charge in [0.1, 0.15) is 0 Å². The van der Waals surface area contributed by atoms with Crippen molar-refractivity contribution in [3.05, 3.63) is 34.7 Å². The molecule has 2 N–H and O–H groups in total. The van der Waals surface area contributed by atoms with E-state index < -0.39 is 17.8 Å². The number of anilines is 1. The second-order valence-corrected chi connectivity index (χ2v) is 8.40. The van der Waals surface area contributed by atoms with Crippen LogP contribution in [0.5, 0.6) is 0 Å². The number of benzene rings is 1. The first-order valence-corrected chi connectivity index (χ1v) is 10.4. The molecule has 144 valence electrons. The number of hydrogen-bond acceptors (Lipinski definition) is 4. The monoisotopic (exact) mass is 386 g/mol. The Hall–Kier alpha value is -2.21. The number of aromatic nitrogens is 1. The third-order valence-corrected chi connectivity index (χ3v) is 6.10. The Morgan fingerprint density at radius 3 is 2.48 bits per heavy atom. The fourth-order valence-corrected chi connectivity index (χ4v) is 4.61. The highest BCUT2D eigenvalue weighted by molar-refractivity contribution is 7.16. The maximum absolute atomic E-state index is 12.6. The number of carbonyl (C=O) groups is 2. The lowest BCUT2D eigenvalue weighted by Crippen LogP contribution is -2.36. The number of thiazole rings is 1. The van der Waals surface area contributed by atoms with Crippen LogP contribution in [-0.4, -0.2) is 22.0 Å². The van der Waals surface area contributed by atoms with E-state index in [0.717, 1.165) is 41.8 Å². The molecule has 6 heteroatoms. The first kappa shape index (κ1) is 19.5. The predicted molar refractivity (Wildman–Crippen MR) is 108 cm³/mol. The SMILES string of the molecule is CCCc1ccc(-c2nc(NC(=O)[C@@H]3CCCC[C@@H]3C(=O)O)sc2C)cc1. The smallest absolute Gasteiger partial charge is 0.307 e. The Labute approximate surface area is 163 Å². The fourth-order valence-electron chi connectivity index (χ4n) is 3.77. The maximum Gasteiger partial charge on any atom is 0.307 e. The van der Waals surface area contributed by atoms with Gasteiger partial charge >= 0.3 is 5.97 Å². The van der Waals surface area contributed by atoms with Crippen molar-refractivity contribution in [1.82, 2.24) is 4.98 Å². The second kappa shape index (κ2) is 8.65. The van der Waals surface area contributed by atoms with Crippen LogP contribution in [0.25, 0.3) is 11.3 Å². The minimum atomic E-state index is -0.877. The standard InChI is InChI=1S/C21H26N2O3S/c1-3-6-14-9-11-15(12-10-14)18-13(2)27-21(22-18)23-19(24)16-7-4-5-8-17(16)20(25)26/h9-12,16-17H,3-8H2,1-2H3,(H,25,26)(H,22,23,24)/t16-,17+/m1/s1. The molecule has 2 atom stereocenters. The van der Waals surface area contributed by atoms with Gasteiger partial charge < -0.3 is 10.4 Å². The molecule has 1 saturated carbocycles. The summed E-state index contributed by atoms with van der Waals surface area (Å²) in [6.45, 7) is 4.15. The van der Waals surface area contributed by atoms with Gasteiger partial charge in [-0.2, -0.15) is 0 Å². The van der Waals surface area contributed by atoms with Crippen molar-refractivity contribution in [3.8, 4) is 11.3 Å². The number of aliphatic carboxylic acids is 1. The molecular formula is C21H26N2O3S. The quantitative estimate of drug-likeness (QED) is 0.740. The highest BCUT2D eigenvalue weighted by Crippen LogP contribution is 2.34. The number of amides is 1. The molecule has 0 saturated heterocycles. The molecule has 0 radical (unpaired) electrons. The average molecular weight is 387 g/mol. The van der Waals surface area contributed by atoms with Gasteiger partial charge in [0.05, 0.1) is 17.5 Å². The minimum absolute atomic E-state index is 0.222. The van der Waals surface area contributed by atoms with Gasteiger partial charge in [0.2, 0.25) is 5.91 Å². The number of nitrogens with one attached hydrogen (secondary N) is 1. The lowest BCUT2D eigenvalue weighted by molar-refractivity contribution is -0.147. The van der Waals surface area contributed by atoms with Crippen molar-refractivity contribution in [2.75, 3.05) is 5.32 Å². The van der Waals surface area contributed by atoms with Crippen LogP contribution in [0.4, 0.5) is 5.13 Å². The van der Waals surface area contributed by atoms with E-state index in [1.165, 1.54) is 16.9 Å². The van der Waals surface area contributed by atoms with Gasteiger partial charge in [-0.15, -0.1) is 11.3 Å². The highest BCUT2D eigenvalue weighted by atomic mass is 32.1. The molecule has 0 aliphatic heterocycles. The van der Waals surface area contributed by atoms with E-state index in [1.807, 2.05) is 6.92 Å². The van der Waals surface area contributed by atoms with Crippen molar-refractivity contribution >= 4 is 28.3 Å². The number of carboxylic acid groups (broad SMARTS) is 1. The summed E-state index contributed by atoms with van der Waals surface area (Å²) >= 11 is 1.44. The molecule has 1 aromatic heterocycles. The van der Waals surface area contributed by atoms with Gasteiger partial charge in [-0.25, -0.2) is 4.98 Å². The Balaban J connectivity index is 1.74. The maximum atomic E-state index is 12.6. The third-order valence-electron chi connectivity index (χ3n) is 5.21. The highest BCUT2D eigenvalue weighted by Gasteiger charge is 2.36. The van der Waals surface area contributed by atoms with Crippen molar-refractivity contribution < 1.29 is 14.7 Å². The van der Waals surface area contributed by atoms with Gasteiger partial charge in [0.15, 0.2) is 5.13 Å².